The molecule has 0 heterocycles. The maximum atomic E-state index is 8.54. The Bertz CT molecular complexity index is 83.2. The third-order valence-electron chi connectivity index (χ3n) is 1.27. The summed E-state index contributed by atoms with van der Waals surface area (Å²) in [5.41, 5.74) is 0. The van der Waals surface area contributed by atoms with E-state index in [1.165, 1.54) is 28.4 Å². The first kappa shape index (κ1) is 15.1. The minimum absolute atomic E-state index is 0.341. The summed E-state index contributed by atoms with van der Waals surface area (Å²) in [5.74, 6) is 1.21. The van der Waals surface area contributed by atoms with Crippen molar-refractivity contribution in [3.8, 4) is 0 Å². The highest BCUT2D eigenvalue weighted by atomic mass is 33.9. The van der Waals surface area contributed by atoms with Gasteiger partial charge in [-0.1, -0.05) is 35.3 Å². The van der Waals surface area contributed by atoms with Gasteiger partial charge in [0.15, 0.2) is 0 Å². The average Bonchev–Trinajstić information content (AvgIpc) is 2.16. The minimum atomic E-state index is 0.341. The van der Waals surface area contributed by atoms with Crippen molar-refractivity contribution in [1.82, 2.24) is 0 Å². The Morgan fingerprint density at radius 3 is 2.38 bits per heavy atom. The van der Waals surface area contributed by atoms with Crippen LogP contribution in [0.3, 0.4) is 0 Å². The molecule has 0 fully saturated rings. The molecule has 0 bridgehead atoms. The predicted octanol–water partition coefficient (Wildman–Crippen LogP) is 4.71. The fraction of sp³-hybridized carbons (Fsp3) is 1.00. The van der Waals surface area contributed by atoms with Crippen molar-refractivity contribution in [1.29, 1.82) is 0 Å². The van der Waals surface area contributed by atoms with E-state index in [1.54, 1.807) is 19.7 Å². The number of unbranched alkanes of at least 4 members (excludes halogenated alkanes) is 3. The SMILES string of the molecule is OCCCCCCSSSSSS. The highest BCUT2D eigenvalue weighted by Gasteiger charge is 1.93. The van der Waals surface area contributed by atoms with E-state index in [0.29, 0.717) is 6.61 Å². The molecule has 7 heteroatoms. The number of thiol groups is 1. The molecule has 1 N–H and O–H groups in total. The van der Waals surface area contributed by atoms with Gasteiger partial charge in [0.05, 0.1) is 0 Å². The summed E-state index contributed by atoms with van der Waals surface area (Å²) in [6.45, 7) is 0.341. The second kappa shape index (κ2) is 14.1. The molecular formula is C6H14OS6. The van der Waals surface area contributed by atoms with Crippen LogP contribution in [0.1, 0.15) is 25.7 Å². The smallest absolute Gasteiger partial charge is 0.0431 e. The standard InChI is InChI=1S/C6H14OS6/c7-5-3-1-2-4-6-9-11-13-12-10-8/h7-8H,1-6H2. The molecule has 0 amide bonds. The lowest BCUT2D eigenvalue weighted by Gasteiger charge is -1.98. The average molecular weight is 295 g/mol. The molecule has 0 aromatic rings. The van der Waals surface area contributed by atoms with Crippen molar-refractivity contribution in [3.63, 3.8) is 0 Å². The fourth-order valence-corrected chi connectivity index (χ4v) is 9.59. The Balaban J connectivity index is 2.76. The van der Waals surface area contributed by atoms with Crippen LogP contribution in [0, 0.1) is 0 Å². The summed E-state index contributed by atoms with van der Waals surface area (Å²) in [7, 11) is 8.66. The first-order valence-corrected chi connectivity index (χ1v) is 11.3. The van der Waals surface area contributed by atoms with Gasteiger partial charge < -0.3 is 5.11 Å². The first-order chi connectivity index (χ1) is 6.41. The van der Waals surface area contributed by atoms with Gasteiger partial charge in [0, 0.05) is 12.4 Å². The zero-order valence-electron chi connectivity index (χ0n) is 7.18. The lowest BCUT2D eigenvalue weighted by Crippen LogP contribution is -1.83. The summed E-state index contributed by atoms with van der Waals surface area (Å²) in [6.07, 6.45) is 4.62. The monoisotopic (exact) mass is 294 g/mol. The van der Waals surface area contributed by atoms with Crippen molar-refractivity contribution in [2.75, 3.05) is 12.4 Å². The normalized spacial score (nSPS) is 10.6. The molecular weight excluding hydrogens is 280 g/mol. The molecule has 1 nitrogen and oxygen atoms in total. The molecule has 0 saturated carbocycles. The second-order valence-corrected chi connectivity index (χ2v) is 10.8. The van der Waals surface area contributed by atoms with Crippen LogP contribution in [0.15, 0.2) is 0 Å². The molecule has 0 aliphatic rings. The Morgan fingerprint density at radius 1 is 0.923 bits per heavy atom. The van der Waals surface area contributed by atoms with Gasteiger partial charge in [0.25, 0.3) is 0 Å². The van der Waals surface area contributed by atoms with Crippen molar-refractivity contribution < 1.29 is 5.11 Å². The maximum Gasteiger partial charge on any atom is 0.0431 e. The molecule has 13 heavy (non-hydrogen) atoms. The van der Waals surface area contributed by atoms with Gasteiger partial charge in [-0.3, -0.25) is 0 Å². The van der Waals surface area contributed by atoms with Crippen LogP contribution >= 0.6 is 61.8 Å². The van der Waals surface area contributed by atoms with E-state index >= 15 is 0 Å². The van der Waals surface area contributed by atoms with Gasteiger partial charge in [0.2, 0.25) is 0 Å². The van der Waals surface area contributed by atoms with Crippen LogP contribution in [0.5, 0.6) is 0 Å². The Labute approximate surface area is 104 Å². The largest absolute Gasteiger partial charge is 0.396 e. The highest BCUT2D eigenvalue weighted by Crippen LogP contribution is 2.49. The van der Waals surface area contributed by atoms with Crippen LogP contribution in [0.4, 0.5) is 0 Å². The zero-order valence-corrected chi connectivity index (χ0v) is 12.2. The van der Waals surface area contributed by atoms with Crippen LogP contribution < -0.4 is 0 Å². The van der Waals surface area contributed by atoms with Crippen LogP contribution in [0.2, 0.25) is 0 Å². The minimum Gasteiger partial charge on any atom is -0.396 e. The van der Waals surface area contributed by atoms with Crippen molar-refractivity contribution >= 4 is 61.8 Å². The molecule has 0 rings (SSSR count). The topological polar surface area (TPSA) is 20.2 Å². The zero-order chi connectivity index (χ0) is 9.78. The second-order valence-electron chi connectivity index (χ2n) is 2.24. The molecule has 0 saturated heterocycles. The lowest BCUT2D eigenvalue weighted by atomic mass is 10.2. The van der Waals surface area contributed by atoms with Crippen LogP contribution in [0.25, 0.3) is 0 Å². The Morgan fingerprint density at radius 2 is 1.69 bits per heavy atom. The molecule has 0 aromatic carbocycles. The van der Waals surface area contributed by atoms with E-state index in [9.17, 15) is 0 Å². The number of hydrogen-bond acceptors (Lipinski definition) is 7. The molecule has 0 aliphatic carbocycles. The van der Waals surface area contributed by atoms with E-state index in [4.69, 9.17) is 5.11 Å². The van der Waals surface area contributed by atoms with Gasteiger partial charge in [0.1, 0.15) is 0 Å². The Hall–Kier alpha value is 2.06. The van der Waals surface area contributed by atoms with Crippen molar-refractivity contribution in [2.45, 2.75) is 25.7 Å². The van der Waals surface area contributed by atoms with E-state index in [1.807, 2.05) is 20.6 Å². The quantitative estimate of drug-likeness (QED) is 0.343. The number of hydrogen-bond donors (Lipinski definition) is 2. The molecule has 0 atom stereocenters. The van der Waals surface area contributed by atoms with Crippen molar-refractivity contribution in [3.05, 3.63) is 0 Å². The van der Waals surface area contributed by atoms with E-state index in [0.717, 1.165) is 12.8 Å². The Kier molecular flexibility index (Phi) is 16.3. The molecule has 80 valence electrons. The first-order valence-electron chi connectivity index (χ1n) is 3.95. The lowest BCUT2D eigenvalue weighted by molar-refractivity contribution is 0.283. The van der Waals surface area contributed by atoms with E-state index in [-0.39, 0.29) is 0 Å². The third kappa shape index (κ3) is 14.1. The van der Waals surface area contributed by atoms with Crippen LogP contribution in [-0.4, -0.2) is 17.5 Å². The van der Waals surface area contributed by atoms with Gasteiger partial charge in [-0.15, -0.1) is 0 Å². The number of aliphatic hydroxyl groups excluding tert-OH is 1. The van der Waals surface area contributed by atoms with Crippen molar-refractivity contribution in [2.24, 2.45) is 0 Å². The van der Waals surface area contributed by atoms with Gasteiger partial charge >= 0.3 is 0 Å². The molecule has 0 spiro atoms. The summed E-state index contributed by atoms with van der Waals surface area (Å²) in [6, 6.07) is 0. The summed E-state index contributed by atoms with van der Waals surface area (Å²) >= 11 is 4.02. The molecule has 0 aromatic heterocycles. The van der Waals surface area contributed by atoms with Gasteiger partial charge in [-0.05, 0) is 52.1 Å². The van der Waals surface area contributed by atoms with Crippen LogP contribution in [-0.2, 0) is 0 Å². The summed E-state index contributed by atoms with van der Waals surface area (Å²) in [5, 5.41) is 8.54. The van der Waals surface area contributed by atoms with Gasteiger partial charge in [-0.25, -0.2) is 0 Å². The fourth-order valence-electron chi connectivity index (χ4n) is 0.704. The van der Waals surface area contributed by atoms with E-state index in [2.05, 4.69) is 11.7 Å². The predicted molar refractivity (Wildman–Crippen MR) is 77.4 cm³/mol. The number of rotatable bonds is 10. The number of aliphatic hydroxyl groups is 1. The molecule has 0 radical (unpaired) electrons. The summed E-state index contributed by atoms with van der Waals surface area (Å²) in [4.78, 5) is 0. The van der Waals surface area contributed by atoms with Gasteiger partial charge in [-0.2, -0.15) is 0 Å². The molecule has 0 unspecified atom stereocenters. The summed E-state index contributed by atoms with van der Waals surface area (Å²) < 4.78 is 0. The molecule has 0 aliphatic heterocycles. The third-order valence-corrected chi connectivity index (χ3v) is 10.4. The highest BCUT2D eigenvalue weighted by molar-refractivity contribution is 9.41. The van der Waals surface area contributed by atoms with E-state index < -0.39 is 0 Å². The maximum absolute atomic E-state index is 8.54.